The van der Waals surface area contributed by atoms with Gasteiger partial charge in [0.15, 0.2) is 15.0 Å². The first-order chi connectivity index (χ1) is 10.4. The largest absolute Gasteiger partial charge is 0.315 e. The number of anilines is 1. The molecule has 1 aromatic carbocycles. The number of fused-ring (bicyclic) bond motifs is 1. The zero-order chi connectivity index (χ0) is 15.9. The highest BCUT2D eigenvalue weighted by Crippen LogP contribution is 2.36. The molecule has 2 aliphatic rings. The summed E-state index contributed by atoms with van der Waals surface area (Å²) in [6.07, 6.45) is 0. The van der Waals surface area contributed by atoms with Gasteiger partial charge in [-0.15, -0.1) is 0 Å². The number of hydrogen-bond acceptors (Lipinski definition) is 5. The molecule has 2 atom stereocenters. The SMILES string of the molecule is C=C(C)CSC1=N[C@@H]2CS(=O)(=O)C[C@@H]2N1c1cccc(Cl)c1. The van der Waals surface area contributed by atoms with E-state index in [2.05, 4.69) is 11.6 Å². The van der Waals surface area contributed by atoms with E-state index >= 15 is 0 Å². The van der Waals surface area contributed by atoms with Gasteiger partial charge in [-0.1, -0.05) is 41.6 Å². The van der Waals surface area contributed by atoms with Crippen molar-refractivity contribution in [3.63, 3.8) is 0 Å². The van der Waals surface area contributed by atoms with E-state index in [1.165, 1.54) is 0 Å². The van der Waals surface area contributed by atoms with Gasteiger partial charge in [0.2, 0.25) is 0 Å². The number of hydrogen-bond donors (Lipinski definition) is 0. The Morgan fingerprint density at radius 3 is 2.95 bits per heavy atom. The molecule has 0 saturated carbocycles. The van der Waals surface area contributed by atoms with Crippen LogP contribution in [0, 0.1) is 0 Å². The van der Waals surface area contributed by atoms with E-state index in [-0.39, 0.29) is 23.6 Å². The van der Waals surface area contributed by atoms with Crippen LogP contribution in [0.5, 0.6) is 0 Å². The Morgan fingerprint density at radius 1 is 1.50 bits per heavy atom. The molecule has 0 N–H and O–H groups in total. The van der Waals surface area contributed by atoms with Crippen molar-refractivity contribution in [2.75, 3.05) is 22.2 Å². The Morgan fingerprint density at radius 2 is 2.27 bits per heavy atom. The van der Waals surface area contributed by atoms with Gasteiger partial charge in [-0.3, -0.25) is 4.99 Å². The number of aliphatic imine (C=N–C) groups is 1. The normalized spacial score (nSPS) is 25.9. The molecule has 0 radical (unpaired) electrons. The maximum absolute atomic E-state index is 11.9. The number of thioether (sulfide) groups is 1. The maximum atomic E-state index is 11.9. The standard InChI is InChI=1S/C15H17ClN2O2S2/c1-10(2)7-21-15-17-13-8-22(19,20)9-14(13)18(15)12-5-3-4-11(16)6-12/h3-6,13-14H,1,7-9H2,2H3/t13-,14+/m1/s1. The number of sulfone groups is 1. The summed E-state index contributed by atoms with van der Waals surface area (Å²) in [7, 11) is -3.02. The topological polar surface area (TPSA) is 49.7 Å². The highest BCUT2D eigenvalue weighted by Gasteiger charge is 2.47. The fraction of sp³-hybridized carbons (Fsp3) is 0.400. The van der Waals surface area contributed by atoms with Crippen LogP contribution >= 0.6 is 23.4 Å². The van der Waals surface area contributed by atoms with Gasteiger partial charge in [-0.2, -0.15) is 0 Å². The van der Waals surface area contributed by atoms with Crippen LogP contribution in [0.3, 0.4) is 0 Å². The first kappa shape index (κ1) is 15.9. The summed E-state index contributed by atoms with van der Waals surface area (Å²) in [5.74, 6) is 1.04. The molecule has 22 heavy (non-hydrogen) atoms. The molecular formula is C15H17ClN2O2S2. The first-order valence-electron chi connectivity index (χ1n) is 6.96. The second kappa shape index (κ2) is 5.91. The van der Waals surface area contributed by atoms with Crippen molar-refractivity contribution < 1.29 is 8.42 Å². The zero-order valence-electron chi connectivity index (χ0n) is 12.2. The van der Waals surface area contributed by atoms with E-state index < -0.39 is 9.84 Å². The molecule has 0 bridgehead atoms. The molecule has 1 fully saturated rings. The van der Waals surface area contributed by atoms with Gasteiger partial charge in [0.25, 0.3) is 0 Å². The highest BCUT2D eigenvalue weighted by atomic mass is 35.5. The van der Waals surface area contributed by atoms with Crippen molar-refractivity contribution in [2.45, 2.75) is 19.0 Å². The van der Waals surface area contributed by atoms with Crippen LogP contribution < -0.4 is 4.90 Å². The van der Waals surface area contributed by atoms with E-state index in [1.54, 1.807) is 11.8 Å². The molecular weight excluding hydrogens is 340 g/mol. The van der Waals surface area contributed by atoms with Gasteiger partial charge in [0, 0.05) is 16.5 Å². The third kappa shape index (κ3) is 3.19. The molecule has 2 aliphatic heterocycles. The average Bonchev–Trinajstić information content (AvgIpc) is 2.87. The van der Waals surface area contributed by atoms with Crippen LogP contribution in [-0.2, 0) is 9.84 Å². The molecule has 2 heterocycles. The summed E-state index contributed by atoms with van der Waals surface area (Å²) in [4.78, 5) is 6.67. The predicted molar refractivity (Wildman–Crippen MR) is 94.9 cm³/mol. The van der Waals surface area contributed by atoms with E-state index in [9.17, 15) is 8.42 Å². The molecule has 0 aromatic heterocycles. The Bertz CT molecular complexity index is 746. The Balaban J connectivity index is 1.95. The summed E-state index contributed by atoms with van der Waals surface area (Å²) in [5.41, 5.74) is 1.95. The molecule has 1 aromatic rings. The van der Waals surface area contributed by atoms with Gasteiger partial charge in [-0.25, -0.2) is 8.42 Å². The van der Waals surface area contributed by atoms with Gasteiger partial charge >= 0.3 is 0 Å². The van der Waals surface area contributed by atoms with E-state index in [0.29, 0.717) is 5.02 Å². The smallest absolute Gasteiger partial charge is 0.164 e. The maximum Gasteiger partial charge on any atom is 0.164 e. The molecule has 3 rings (SSSR count). The van der Waals surface area contributed by atoms with E-state index in [1.807, 2.05) is 36.1 Å². The predicted octanol–water partition coefficient (Wildman–Crippen LogP) is 2.99. The van der Waals surface area contributed by atoms with Gasteiger partial charge in [0.1, 0.15) is 0 Å². The van der Waals surface area contributed by atoms with E-state index in [0.717, 1.165) is 22.2 Å². The van der Waals surface area contributed by atoms with Gasteiger partial charge in [-0.05, 0) is 25.1 Å². The van der Waals surface area contributed by atoms with Crippen LogP contribution in [0.1, 0.15) is 6.92 Å². The molecule has 0 spiro atoms. The number of rotatable bonds is 3. The summed E-state index contributed by atoms with van der Waals surface area (Å²) < 4.78 is 23.8. The lowest BCUT2D eigenvalue weighted by atomic mass is 10.1. The van der Waals surface area contributed by atoms with Crippen LogP contribution in [0.2, 0.25) is 5.02 Å². The average molecular weight is 357 g/mol. The van der Waals surface area contributed by atoms with Crippen molar-refractivity contribution in [2.24, 2.45) is 4.99 Å². The number of amidine groups is 1. The number of benzene rings is 1. The Labute approximate surface area is 140 Å². The Kier molecular flexibility index (Phi) is 4.27. The van der Waals surface area contributed by atoms with Crippen LogP contribution in [0.15, 0.2) is 41.4 Å². The monoisotopic (exact) mass is 356 g/mol. The second-order valence-corrected chi connectivity index (χ2v) is 9.25. The lowest BCUT2D eigenvalue weighted by Gasteiger charge is -2.26. The van der Waals surface area contributed by atoms with E-state index in [4.69, 9.17) is 11.6 Å². The van der Waals surface area contributed by atoms with Crippen molar-refractivity contribution in [3.05, 3.63) is 41.4 Å². The summed E-state index contributed by atoms with van der Waals surface area (Å²) >= 11 is 7.69. The molecule has 0 unspecified atom stereocenters. The number of halogens is 1. The second-order valence-electron chi connectivity index (χ2n) is 5.72. The summed E-state index contributed by atoms with van der Waals surface area (Å²) in [6, 6.07) is 7.16. The molecule has 1 saturated heterocycles. The quantitative estimate of drug-likeness (QED) is 0.781. The fourth-order valence-electron chi connectivity index (χ4n) is 2.75. The Hall–Kier alpha value is -0.980. The van der Waals surface area contributed by atoms with Crippen molar-refractivity contribution >= 4 is 44.1 Å². The fourth-order valence-corrected chi connectivity index (χ4v) is 5.74. The molecule has 7 heteroatoms. The summed E-state index contributed by atoms with van der Waals surface area (Å²) in [5, 5.41) is 1.49. The minimum atomic E-state index is -3.02. The summed E-state index contributed by atoms with van der Waals surface area (Å²) in [6.45, 7) is 5.88. The van der Waals surface area contributed by atoms with Crippen molar-refractivity contribution in [1.29, 1.82) is 0 Å². The van der Waals surface area contributed by atoms with Crippen LogP contribution in [0.4, 0.5) is 5.69 Å². The molecule has 4 nitrogen and oxygen atoms in total. The van der Waals surface area contributed by atoms with Crippen LogP contribution in [0.25, 0.3) is 0 Å². The third-order valence-corrected chi connectivity index (χ3v) is 6.77. The van der Waals surface area contributed by atoms with Gasteiger partial charge < -0.3 is 4.90 Å². The zero-order valence-corrected chi connectivity index (χ0v) is 14.6. The lowest BCUT2D eigenvalue weighted by Crippen LogP contribution is -2.39. The van der Waals surface area contributed by atoms with Crippen LogP contribution in [-0.4, -0.2) is 42.9 Å². The minimum Gasteiger partial charge on any atom is -0.315 e. The highest BCUT2D eigenvalue weighted by molar-refractivity contribution is 8.14. The van der Waals surface area contributed by atoms with Crippen molar-refractivity contribution in [1.82, 2.24) is 0 Å². The molecule has 118 valence electrons. The lowest BCUT2D eigenvalue weighted by molar-refractivity contribution is 0.601. The minimum absolute atomic E-state index is 0.129. The van der Waals surface area contributed by atoms with Gasteiger partial charge in [0.05, 0.1) is 23.6 Å². The molecule has 0 amide bonds. The van der Waals surface area contributed by atoms with Crippen molar-refractivity contribution in [3.8, 4) is 0 Å². The molecule has 0 aliphatic carbocycles. The number of nitrogens with zero attached hydrogens (tertiary/aromatic N) is 2. The third-order valence-electron chi connectivity index (χ3n) is 3.64. The first-order valence-corrected chi connectivity index (χ1v) is 10.1.